The first-order chi connectivity index (χ1) is 17.7. The standard InChI is InChI=1S/C28H29N3O4S2/c1-18(2)35-27(32)25-19(3)29-28-31(16-7-17-36-28)26(25)21-12-14-22(15-13-21)30-37(33,34)24-11-6-9-20-8-4-5-10-23(20)24/h4-6,8-15,18,26,30H,7,16-17H2,1-3H3. The molecule has 0 saturated carbocycles. The number of esters is 1. The van der Waals surface area contributed by atoms with Gasteiger partial charge in [-0.25, -0.2) is 18.2 Å². The van der Waals surface area contributed by atoms with Gasteiger partial charge in [-0.15, -0.1) is 0 Å². The van der Waals surface area contributed by atoms with Crippen LogP contribution in [-0.4, -0.2) is 42.9 Å². The SMILES string of the molecule is CC1=C(C(=O)OC(C)C)C(c2ccc(NS(=O)(=O)c3cccc4ccccc34)cc2)N2CCCSC2=N1. The van der Waals surface area contributed by atoms with Crippen LogP contribution in [0.2, 0.25) is 0 Å². The molecule has 1 unspecified atom stereocenters. The Morgan fingerprint density at radius 2 is 1.81 bits per heavy atom. The minimum atomic E-state index is -3.81. The van der Waals surface area contributed by atoms with Crippen LogP contribution in [0.1, 0.15) is 38.8 Å². The Kier molecular flexibility index (Phi) is 7.00. The van der Waals surface area contributed by atoms with Gasteiger partial charge in [0.05, 0.1) is 28.3 Å². The summed E-state index contributed by atoms with van der Waals surface area (Å²) in [6, 6.07) is 19.5. The van der Waals surface area contributed by atoms with Crippen molar-refractivity contribution < 1.29 is 17.9 Å². The van der Waals surface area contributed by atoms with Crippen LogP contribution in [0.15, 0.2) is 87.9 Å². The number of ether oxygens (including phenoxy) is 1. The molecular weight excluding hydrogens is 506 g/mol. The molecular formula is C28H29N3O4S2. The largest absolute Gasteiger partial charge is 0.459 e. The third kappa shape index (κ3) is 5.10. The number of thioether (sulfide) groups is 1. The number of sulfonamides is 1. The number of nitrogens with zero attached hydrogens (tertiary/aromatic N) is 2. The molecule has 0 aliphatic carbocycles. The Balaban J connectivity index is 1.47. The normalized spacial score (nSPS) is 18.0. The molecule has 192 valence electrons. The van der Waals surface area contributed by atoms with E-state index >= 15 is 0 Å². The zero-order chi connectivity index (χ0) is 26.2. The number of anilines is 1. The Labute approximate surface area is 221 Å². The van der Waals surface area contributed by atoms with Crippen molar-refractivity contribution in [3.8, 4) is 0 Å². The number of carbonyl (C=O) groups excluding carboxylic acids is 1. The average Bonchev–Trinajstić information content (AvgIpc) is 2.87. The second-order valence-electron chi connectivity index (χ2n) is 9.35. The summed E-state index contributed by atoms with van der Waals surface area (Å²) in [7, 11) is -3.81. The van der Waals surface area contributed by atoms with E-state index in [2.05, 4.69) is 9.62 Å². The second kappa shape index (κ2) is 10.2. The van der Waals surface area contributed by atoms with Crippen LogP contribution in [0, 0.1) is 0 Å². The third-order valence-electron chi connectivity index (χ3n) is 6.34. The van der Waals surface area contributed by atoms with Crippen LogP contribution in [0.4, 0.5) is 5.69 Å². The van der Waals surface area contributed by atoms with Crippen LogP contribution >= 0.6 is 11.8 Å². The number of nitrogens with one attached hydrogen (secondary N) is 1. The Morgan fingerprint density at radius 3 is 2.57 bits per heavy atom. The van der Waals surface area contributed by atoms with Gasteiger partial charge in [0, 0.05) is 23.4 Å². The lowest BCUT2D eigenvalue weighted by molar-refractivity contribution is -0.143. The summed E-state index contributed by atoms with van der Waals surface area (Å²) in [5.74, 6) is 0.604. The molecule has 0 aromatic heterocycles. The Bertz CT molecular complexity index is 1510. The lowest BCUT2D eigenvalue weighted by Crippen LogP contribution is -2.42. The first kappa shape index (κ1) is 25.4. The molecule has 2 heterocycles. The number of amidine groups is 1. The predicted octanol–water partition coefficient (Wildman–Crippen LogP) is 5.72. The van der Waals surface area contributed by atoms with Crippen molar-refractivity contribution in [2.45, 2.75) is 44.2 Å². The minimum Gasteiger partial charge on any atom is -0.459 e. The monoisotopic (exact) mass is 535 g/mol. The molecule has 5 rings (SSSR count). The van der Waals surface area contributed by atoms with Crippen molar-refractivity contribution in [1.29, 1.82) is 0 Å². The van der Waals surface area contributed by atoms with Gasteiger partial charge in [0.2, 0.25) is 0 Å². The molecule has 37 heavy (non-hydrogen) atoms. The smallest absolute Gasteiger partial charge is 0.338 e. The molecule has 9 heteroatoms. The van der Waals surface area contributed by atoms with Crippen LogP contribution in [0.25, 0.3) is 10.8 Å². The highest BCUT2D eigenvalue weighted by Crippen LogP contribution is 2.40. The maximum Gasteiger partial charge on any atom is 0.338 e. The van der Waals surface area contributed by atoms with E-state index in [-0.39, 0.29) is 23.0 Å². The summed E-state index contributed by atoms with van der Waals surface area (Å²) in [5, 5.41) is 2.42. The fourth-order valence-electron chi connectivity index (χ4n) is 4.73. The molecule has 1 atom stereocenters. The maximum absolute atomic E-state index is 13.3. The van der Waals surface area contributed by atoms with Crippen molar-refractivity contribution in [2.75, 3.05) is 17.0 Å². The quantitative estimate of drug-likeness (QED) is 0.407. The van der Waals surface area contributed by atoms with E-state index in [9.17, 15) is 13.2 Å². The zero-order valence-corrected chi connectivity index (χ0v) is 22.6. The summed E-state index contributed by atoms with van der Waals surface area (Å²) in [6.45, 7) is 6.27. The van der Waals surface area contributed by atoms with E-state index in [0.29, 0.717) is 22.3 Å². The van der Waals surface area contributed by atoms with Gasteiger partial charge >= 0.3 is 5.97 Å². The Morgan fingerprint density at radius 1 is 1.08 bits per heavy atom. The number of rotatable bonds is 6. The Hall–Kier alpha value is -3.30. The molecule has 2 aliphatic heterocycles. The van der Waals surface area contributed by atoms with Gasteiger partial charge in [0.1, 0.15) is 0 Å². The van der Waals surface area contributed by atoms with E-state index in [4.69, 9.17) is 9.73 Å². The molecule has 0 bridgehead atoms. The molecule has 1 N–H and O–H groups in total. The van der Waals surface area contributed by atoms with Crippen molar-refractivity contribution in [3.63, 3.8) is 0 Å². The van der Waals surface area contributed by atoms with Gasteiger partial charge in [0.25, 0.3) is 10.0 Å². The molecule has 0 amide bonds. The zero-order valence-electron chi connectivity index (χ0n) is 21.0. The molecule has 7 nitrogen and oxygen atoms in total. The van der Waals surface area contributed by atoms with Gasteiger partial charge in [-0.3, -0.25) is 4.72 Å². The number of fused-ring (bicyclic) bond motifs is 2. The molecule has 3 aromatic rings. The van der Waals surface area contributed by atoms with Crippen LogP contribution in [-0.2, 0) is 19.6 Å². The van der Waals surface area contributed by atoms with Gasteiger partial charge in [-0.1, -0.05) is 60.3 Å². The summed E-state index contributed by atoms with van der Waals surface area (Å²) in [6.07, 6.45) is 0.731. The number of allylic oxidation sites excluding steroid dienone is 1. The first-order valence-electron chi connectivity index (χ1n) is 12.2. The van der Waals surface area contributed by atoms with E-state index in [1.54, 1.807) is 42.1 Å². The fraction of sp³-hybridized carbons (Fsp3) is 0.286. The maximum atomic E-state index is 13.3. The topological polar surface area (TPSA) is 88.1 Å². The number of hydrogen-bond donors (Lipinski definition) is 1. The number of aliphatic imine (C=N–C) groups is 1. The van der Waals surface area contributed by atoms with E-state index in [1.165, 1.54) is 0 Å². The van der Waals surface area contributed by atoms with Crippen molar-refractivity contribution in [3.05, 3.63) is 83.6 Å². The van der Waals surface area contributed by atoms with Gasteiger partial charge in [-0.05, 0) is 56.3 Å². The number of hydrogen-bond acceptors (Lipinski definition) is 7. The van der Waals surface area contributed by atoms with Gasteiger partial charge in [0.15, 0.2) is 5.17 Å². The molecule has 0 radical (unpaired) electrons. The third-order valence-corrected chi connectivity index (χ3v) is 8.86. The highest BCUT2D eigenvalue weighted by molar-refractivity contribution is 8.13. The summed E-state index contributed by atoms with van der Waals surface area (Å²) in [4.78, 5) is 20.2. The summed E-state index contributed by atoms with van der Waals surface area (Å²) < 4.78 is 34.8. The number of benzene rings is 3. The molecule has 3 aromatic carbocycles. The molecule has 1 fully saturated rings. The van der Waals surface area contributed by atoms with E-state index in [0.717, 1.165) is 34.8 Å². The average molecular weight is 536 g/mol. The molecule has 0 spiro atoms. The molecule has 1 saturated heterocycles. The highest BCUT2D eigenvalue weighted by atomic mass is 32.2. The van der Waals surface area contributed by atoms with Crippen LogP contribution in [0.3, 0.4) is 0 Å². The van der Waals surface area contributed by atoms with Crippen molar-refractivity contribution in [1.82, 2.24) is 4.90 Å². The van der Waals surface area contributed by atoms with Gasteiger partial charge in [-0.2, -0.15) is 0 Å². The highest BCUT2D eigenvalue weighted by Gasteiger charge is 2.38. The second-order valence-corrected chi connectivity index (χ2v) is 12.1. The van der Waals surface area contributed by atoms with Crippen LogP contribution in [0.5, 0.6) is 0 Å². The number of carbonyl (C=O) groups is 1. The van der Waals surface area contributed by atoms with Crippen molar-refractivity contribution in [2.24, 2.45) is 4.99 Å². The first-order valence-corrected chi connectivity index (χ1v) is 14.7. The van der Waals surface area contributed by atoms with Gasteiger partial charge < -0.3 is 9.64 Å². The summed E-state index contributed by atoms with van der Waals surface area (Å²) in [5.41, 5.74) is 2.49. The minimum absolute atomic E-state index is 0.227. The lowest BCUT2D eigenvalue weighted by atomic mass is 9.94. The molecule has 2 aliphatic rings. The fourth-order valence-corrected chi connectivity index (χ4v) is 7.04. The van der Waals surface area contributed by atoms with E-state index in [1.807, 2.05) is 57.2 Å². The lowest BCUT2D eigenvalue weighted by Gasteiger charge is -2.40. The van der Waals surface area contributed by atoms with E-state index < -0.39 is 10.0 Å². The summed E-state index contributed by atoms with van der Waals surface area (Å²) >= 11 is 1.68. The predicted molar refractivity (Wildman–Crippen MR) is 149 cm³/mol. The van der Waals surface area contributed by atoms with Crippen LogP contribution < -0.4 is 4.72 Å². The van der Waals surface area contributed by atoms with Crippen molar-refractivity contribution >= 4 is 49.4 Å².